The summed E-state index contributed by atoms with van der Waals surface area (Å²) in [6.07, 6.45) is 5.17. The summed E-state index contributed by atoms with van der Waals surface area (Å²) in [5.74, 6) is 1.59. The van der Waals surface area contributed by atoms with Crippen molar-refractivity contribution >= 4 is 17.8 Å². The van der Waals surface area contributed by atoms with Crippen molar-refractivity contribution in [3.05, 3.63) is 95.7 Å². The number of hydrogen-bond acceptors (Lipinski definition) is 5. The lowest BCUT2D eigenvalue weighted by Crippen LogP contribution is -2.45. The fourth-order valence-electron chi connectivity index (χ4n) is 3.73. The number of aromatic nitrogens is 1. The first kappa shape index (κ1) is 22.6. The standard InChI is InChI=1S/C27H30N4O2/c1-30-15-17-31(18-16-30)27-24(10-6-14-28-27)20-29-26(32)13-12-22-9-5-11-25(19-22)33-21-23-7-3-2-4-8-23/h2-14,19H,15-18,20-21H2,1H3,(H,29,32)/b13-12+. The Hall–Kier alpha value is -3.64. The van der Waals surface area contributed by atoms with Crippen LogP contribution >= 0.6 is 0 Å². The third-order valence-corrected chi connectivity index (χ3v) is 5.66. The van der Waals surface area contributed by atoms with Gasteiger partial charge in [-0.05, 0) is 42.4 Å². The predicted octanol–water partition coefficient (Wildman–Crippen LogP) is 3.74. The fourth-order valence-corrected chi connectivity index (χ4v) is 3.73. The van der Waals surface area contributed by atoms with E-state index in [1.54, 1.807) is 12.2 Å². The Morgan fingerprint density at radius 3 is 2.67 bits per heavy atom. The lowest BCUT2D eigenvalue weighted by atomic mass is 10.2. The summed E-state index contributed by atoms with van der Waals surface area (Å²) in [5, 5.41) is 2.98. The zero-order valence-corrected chi connectivity index (χ0v) is 19.0. The molecule has 3 aromatic rings. The van der Waals surface area contributed by atoms with E-state index in [1.165, 1.54) is 0 Å². The molecule has 1 fully saturated rings. The molecule has 1 amide bonds. The Morgan fingerprint density at radius 1 is 1.03 bits per heavy atom. The van der Waals surface area contributed by atoms with Gasteiger partial charge < -0.3 is 19.9 Å². The number of hydrogen-bond donors (Lipinski definition) is 1. The van der Waals surface area contributed by atoms with Gasteiger partial charge in [0, 0.05) is 50.6 Å². The van der Waals surface area contributed by atoms with E-state index in [2.05, 4.69) is 27.1 Å². The number of nitrogens with one attached hydrogen (secondary N) is 1. The zero-order chi connectivity index (χ0) is 22.9. The van der Waals surface area contributed by atoms with Gasteiger partial charge in [-0.25, -0.2) is 4.98 Å². The summed E-state index contributed by atoms with van der Waals surface area (Å²) < 4.78 is 5.87. The molecule has 0 unspecified atom stereocenters. The van der Waals surface area contributed by atoms with Crippen molar-refractivity contribution in [1.82, 2.24) is 15.2 Å². The average Bonchev–Trinajstić information content (AvgIpc) is 2.86. The highest BCUT2D eigenvalue weighted by Crippen LogP contribution is 2.19. The van der Waals surface area contributed by atoms with Gasteiger partial charge in [0.15, 0.2) is 0 Å². The van der Waals surface area contributed by atoms with Gasteiger partial charge in [-0.15, -0.1) is 0 Å². The van der Waals surface area contributed by atoms with Crippen LogP contribution < -0.4 is 15.0 Å². The first-order valence-electron chi connectivity index (χ1n) is 11.3. The smallest absolute Gasteiger partial charge is 0.244 e. The lowest BCUT2D eigenvalue weighted by Gasteiger charge is -2.34. The normalized spacial score (nSPS) is 14.4. The van der Waals surface area contributed by atoms with Gasteiger partial charge in [0.05, 0.1) is 0 Å². The molecule has 33 heavy (non-hydrogen) atoms. The van der Waals surface area contributed by atoms with Gasteiger partial charge in [0.1, 0.15) is 18.2 Å². The van der Waals surface area contributed by atoms with Crippen molar-refractivity contribution in [3.63, 3.8) is 0 Å². The molecule has 1 aromatic heterocycles. The van der Waals surface area contributed by atoms with E-state index in [1.807, 2.05) is 72.9 Å². The molecule has 1 saturated heterocycles. The Bertz CT molecular complexity index is 1080. The maximum atomic E-state index is 12.4. The molecule has 6 heteroatoms. The molecule has 0 atom stereocenters. The molecule has 2 aromatic carbocycles. The van der Waals surface area contributed by atoms with Gasteiger partial charge >= 0.3 is 0 Å². The number of anilines is 1. The van der Waals surface area contributed by atoms with Gasteiger partial charge in [0.25, 0.3) is 0 Å². The van der Waals surface area contributed by atoms with Crippen molar-refractivity contribution < 1.29 is 9.53 Å². The quantitative estimate of drug-likeness (QED) is 0.539. The van der Waals surface area contributed by atoms with E-state index in [0.717, 1.165) is 54.4 Å². The Labute approximate surface area is 195 Å². The molecule has 0 saturated carbocycles. The third-order valence-electron chi connectivity index (χ3n) is 5.66. The number of piperazine rings is 1. The minimum Gasteiger partial charge on any atom is -0.489 e. The topological polar surface area (TPSA) is 57.7 Å². The second-order valence-electron chi connectivity index (χ2n) is 8.17. The van der Waals surface area contributed by atoms with Crippen LogP contribution in [-0.4, -0.2) is 49.0 Å². The second kappa shape index (κ2) is 11.3. The SMILES string of the molecule is CN1CCN(c2ncccc2CNC(=O)/C=C/c2cccc(OCc3ccccc3)c2)CC1. The summed E-state index contributed by atoms with van der Waals surface area (Å²) in [6.45, 7) is 4.86. The van der Waals surface area contributed by atoms with Crippen LogP contribution in [0.2, 0.25) is 0 Å². The van der Waals surface area contributed by atoms with Gasteiger partial charge in [-0.3, -0.25) is 4.79 Å². The number of rotatable bonds is 8. The molecule has 1 aliphatic rings. The molecule has 0 aliphatic carbocycles. The second-order valence-corrected chi connectivity index (χ2v) is 8.17. The summed E-state index contributed by atoms with van der Waals surface area (Å²) >= 11 is 0. The lowest BCUT2D eigenvalue weighted by molar-refractivity contribution is -0.116. The molecule has 170 valence electrons. The van der Waals surface area contributed by atoms with Crippen LogP contribution in [0.15, 0.2) is 79.0 Å². The number of pyridine rings is 1. The number of amides is 1. The van der Waals surface area contributed by atoms with Crippen LogP contribution in [0.3, 0.4) is 0 Å². The van der Waals surface area contributed by atoms with Crippen molar-refractivity contribution in [2.24, 2.45) is 0 Å². The Morgan fingerprint density at radius 2 is 1.85 bits per heavy atom. The van der Waals surface area contributed by atoms with Gasteiger partial charge in [-0.2, -0.15) is 0 Å². The number of nitrogens with zero attached hydrogens (tertiary/aromatic N) is 3. The third kappa shape index (κ3) is 6.67. The van der Waals surface area contributed by atoms with E-state index in [0.29, 0.717) is 13.2 Å². The van der Waals surface area contributed by atoms with E-state index in [-0.39, 0.29) is 5.91 Å². The first-order chi connectivity index (χ1) is 16.2. The highest BCUT2D eigenvalue weighted by Gasteiger charge is 2.17. The number of ether oxygens (including phenoxy) is 1. The summed E-state index contributed by atoms with van der Waals surface area (Å²) in [7, 11) is 2.13. The number of carbonyl (C=O) groups is 1. The van der Waals surface area contributed by atoms with Crippen LogP contribution in [0.1, 0.15) is 16.7 Å². The molecule has 6 nitrogen and oxygen atoms in total. The first-order valence-corrected chi connectivity index (χ1v) is 11.3. The van der Waals surface area contributed by atoms with E-state index in [9.17, 15) is 4.79 Å². The molecule has 0 spiro atoms. The monoisotopic (exact) mass is 442 g/mol. The van der Waals surface area contributed by atoms with E-state index >= 15 is 0 Å². The summed E-state index contributed by atoms with van der Waals surface area (Å²) in [6, 6.07) is 21.7. The van der Waals surface area contributed by atoms with Crippen molar-refractivity contribution in [2.45, 2.75) is 13.2 Å². The van der Waals surface area contributed by atoms with Crippen LogP contribution in [0.4, 0.5) is 5.82 Å². The Kier molecular flexibility index (Phi) is 7.72. The van der Waals surface area contributed by atoms with Gasteiger partial charge in [-0.1, -0.05) is 48.5 Å². The van der Waals surface area contributed by atoms with Crippen molar-refractivity contribution in [3.8, 4) is 5.75 Å². The maximum absolute atomic E-state index is 12.4. The number of carbonyl (C=O) groups excluding carboxylic acids is 1. The Balaban J connectivity index is 1.31. The zero-order valence-electron chi connectivity index (χ0n) is 19.0. The minimum absolute atomic E-state index is 0.140. The molecule has 1 aliphatic heterocycles. The number of benzene rings is 2. The van der Waals surface area contributed by atoms with Crippen LogP contribution in [0.5, 0.6) is 5.75 Å². The fraction of sp³-hybridized carbons (Fsp3) is 0.259. The largest absolute Gasteiger partial charge is 0.489 e. The van der Waals surface area contributed by atoms with Crippen LogP contribution in [-0.2, 0) is 17.9 Å². The number of likely N-dealkylation sites (N-methyl/N-ethyl adjacent to an activating group) is 1. The molecule has 1 N–H and O–H groups in total. The summed E-state index contributed by atoms with van der Waals surface area (Å²) in [4.78, 5) is 21.6. The molecule has 0 bridgehead atoms. The molecular formula is C27H30N4O2. The minimum atomic E-state index is -0.140. The maximum Gasteiger partial charge on any atom is 0.244 e. The predicted molar refractivity (Wildman–Crippen MR) is 132 cm³/mol. The van der Waals surface area contributed by atoms with Crippen LogP contribution in [0.25, 0.3) is 6.08 Å². The highest BCUT2D eigenvalue weighted by molar-refractivity contribution is 5.91. The highest BCUT2D eigenvalue weighted by atomic mass is 16.5. The molecule has 0 radical (unpaired) electrons. The summed E-state index contributed by atoms with van der Waals surface area (Å²) in [5.41, 5.74) is 3.06. The van der Waals surface area contributed by atoms with Crippen molar-refractivity contribution in [2.75, 3.05) is 38.1 Å². The van der Waals surface area contributed by atoms with Crippen LogP contribution in [0, 0.1) is 0 Å². The van der Waals surface area contributed by atoms with Crippen molar-refractivity contribution in [1.29, 1.82) is 0 Å². The molecule has 2 heterocycles. The molecular weight excluding hydrogens is 412 g/mol. The van der Waals surface area contributed by atoms with Gasteiger partial charge in [0.2, 0.25) is 5.91 Å². The van der Waals surface area contributed by atoms with E-state index in [4.69, 9.17) is 4.74 Å². The molecule has 4 rings (SSSR count). The average molecular weight is 443 g/mol. The van der Waals surface area contributed by atoms with E-state index < -0.39 is 0 Å².